The van der Waals surface area contributed by atoms with Gasteiger partial charge in [0.1, 0.15) is 5.82 Å². The predicted molar refractivity (Wildman–Crippen MR) is 78.9 cm³/mol. The monoisotopic (exact) mass is 294 g/mol. The molecule has 2 aliphatic carbocycles. The minimum Gasteiger partial charge on any atom is -0.353 e. The number of hydrogen-bond donors (Lipinski definition) is 1. The molecule has 0 spiro atoms. The van der Waals surface area contributed by atoms with Gasteiger partial charge in [-0.05, 0) is 39.0 Å². The Morgan fingerprint density at radius 1 is 1.40 bits per heavy atom. The standard InChI is InChI=1S/C14H22N4OS/c1-3-9(2)15-12(19)8-20-14-17-16-13(10-4-5-10)18(14)11-6-7-11/h9-11H,3-8H2,1-2H3,(H,15,19)/t9-/m0/s1. The Morgan fingerprint density at radius 2 is 2.15 bits per heavy atom. The molecule has 1 aromatic heterocycles. The molecule has 110 valence electrons. The van der Waals surface area contributed by atoms with E-state index in [0.29, 0.717) is 17.7 Å². The molecule has 2 saturated carbocycles. The van der Waals surface area contributed by atoms with Crippen LogP contribution in [-0.2, 0) is 4.79 Å². The van der Waals surface area contributed by atoms with Crippen LogP contribution in [-0.4, -0.2) is 32.5 Å². The number of rotatable bonds is 7. The van der Waals surface area contributed by atoms with Crippen LogP contribution in [0.4, 0.5) is 0 Å². The normalized spacial score (nSPS) is 19.9. The highest BCUT2D eigenvalue weighted by molar-refractivity contribution is 7.99. The SMILES string of the molecule is CC[C@H](C)NC(=O)CSc1nnc(C2CC2)n1C1CC1. The zero-order chi connectivity index (χ0) is 14.1. The summed E-state index contributed by atoms with van der Waals surface area (Å²) >= 11 is 1.52. The van der Waals surface area contributed by atoms with Crippen LogP contribution in [0.1, 0.15) is 63.7 Å². The molecular weight excluding hydrogens is 272 g/mol. The third kappa shape index (κ3) is 3.16. The Bertz CT molecular complexity index is 493. The largest absolute Gasteiger partial charge is 0.353 e. The highest BCUT2D eigenvalue weighted by Crippen LogP contribution is 2.45. The van der Waals surface area contributed by atoms with E-state index >= 15 is 0 Å². The molecular formula is C14H22N4OS. The number of carbonyl (C=O) groups excluding carboxylic acids is 1. The molecule has 6 heteroatoms. The van der Waals surface area contributed by atoms with E-state index in [0.717, 1.165) is 17.4 Å². The van der Waals surface area contributed by atoms with E-state index in [-0.39, 0.29) is 11.9 Å². The Kier molecular flexibility index (Phi) is 4.01. The minimum atomic E-state index is 0.0858. The second-order valence-corrected chi connectivity index (χ2v) is 6.82. The zero-order valence-corrected chi connectivity index (χ0v) is 12.9. The van der Waals surface area contributed by atoms with Gasteiger partial charge in [-0.2, -0.15) is 0 Å². The van der Waals surface area contributed by atoms with E-state index in [1.165, 1.54) is 37.4 Å². The minimum absolute atomic E-state index is 0.0858. The number of nitrogens with zero attached hydrogens (tertiary/aromatic N) is 3. The van der Waals surface area contributed by atoms with Crippen molar-refractivity contribution in [2.24, 2.45) is 0 Å². The third-order valence-electron chi connectivity index (χ3n) is 3.90. The maximum absolute atomic E-state index is 11.8. The van der Waals surface area contributed by atoms with E-state index in [1.807, 2.05) is 6.92 Å². The molecule has 5 nitrogen and oxygen atoms in total. The average Bonchev–Trinajstić information content (AvgIpc) is 3.35. The van der Waals surface area contributed by atoms with Crippen LogP contribution < -0.4 is 5.32 Å². The Hall–Kier alpha value is -1.04. The summed E-state index contributed by atoms with van der Waals surface area (Å²) in [6.07, 6.45) is 5.89. The van der Waals surface area contributed by atoms with Crippen molar-refractivity contribution in [3.63, 3.8) is 0 Å². The molecule has 0 bridgehead atoms. The fourth-order valence-electron chi connectivity index (χ4n) is 2.23. The summed E-state index contributed by atoms with van der Waals surface area (Å²) in [6.45, 7) is 4.10. The summed E-state index contributed by atoms with van der Waals surface area (Å²) in [7, 11) is 0. The van der Waals surface area contributed by atoms with E-state index in [1.54, 1.807) is 0 Å². The molecule has 1 amide bonds. The van der Waals surface area contributed by atoms with Gasteiger partial charge in [-0.25, -0.2) is 0 Å². The second-order valence-electron chi connectivity index (χ2n) is 5.88. The first kappa shape index (κ1) is 13.9. The fraction of sp³-hybridized carbons (Fsp3) is 0.786. The number of nitrogens with one attached hydrogen (secondary N) is 1. The number of carbonyl (C=O) groups is 1. The molecule has 2 aliphatic rings. The van der Waals surface area contributed by atoms with Gasteiger partial charge in [0.25, 0.3) is 0 Å². The number of amides is 1. The molecule has 20 heavy (non-hydrogen) atoms. The molecule has 0 unspecified atom stereocenters. The van der Waals surface area contributed by atoms with E-state index in [4.69, 9.17) is 0 Å². The van der Waals surface area contributed by atoms with Crippen LogP contribution in [0.5, 0.6) is 0 Å². The van der Waals surface area contributed by atoms with E-state index in [9.17, 15) is 4.79 Å². The Morgan fingerprint density at radius 3 is 2.75 bits per heavy atom. The molecule has 0 radical (unpaired) electrons. The van der Waals surface area contributed by atoms with Gasteiger partial charge in [-0.1, -0.05) is 18.7 Å². The summed E-state index contributed by atoms with van der Waals surface area (Å²) in [6, 6.07) is 0.826. The Balaban J connectivity index is 1.61. The van der Waals surface area contributed by atoms with Crippen molar-refractivity contribution >= 4 is 17.7 Å². The lowest BCUT2D eigenvalue weighted by molar-refractivity contribution is -0.119. The van der Waals surface area contributed by atoms with Crippen molar-refractivity contribution in [1.29, 1.82) is 0 Å². The smallest absolute Gasteiger partial charge is 0.230 e. The Labute approximate surface area is 123 Å². The van der Waals surface area contributed by atoms with Gasteiger partial charge >= 0.3 is 0 Å². The van der Waals surface area contributed by atoms with Gasteiger partial charge in [0.05, 0.1) is 5.75 Å². The topological polar surface area (TPSA) is 59.8 Å². The lowest BCUT2D eigenvalue weighted by Crippen LogP contribution is -2.33. The quantitative estimate of drug-likeness (QED) is 0.785. The molecule has 1 aromatic rings. The van der Waals surface area contributed by atoms with Crippen molar-refractivity contribution in [2.75, 3.05) is 5.75 Å². The summed E-state index contributed by atoms with van der Waals surface area (Å²) in [4.78, 5) is 11.8. The third-order valence-corrected chi connectivity index (χ3v) is 4.84. The maximum atomic E-state index is 11.8. The summed E-state index contributed by atoms with van der Waals surface area (Å²) in [5, 5.41) is 12.6. The first-order valence-corrected chi connectivity index (χ1v) is 8.54. The molecule has 1 N–H and O–H groups in total. The van der Waals surface area contributed by atoms with Crippen LogP contribution in [0.3, 0.4) is 0 Å². The zero-order valence-electron chi connectivity index (χ0n) is 12.1. The number of hydrogen-bond acceptors (Lipinski definition) is 4. The highest BCUT2D eigenvalue weighted by Gasteiger charge is 2.36. The van der Waals surface area contributed by atoms with Crippen molar-refractivity contribution in [3.8, 4) is 0 Å². The van der Waals surface area contributed by atoms with Crippen LogP contribution in [0.2, 0.25) is 0 Å². The second kappa shape index (κ2) is 5.76. The summed E-state index contributed by atoms with van der Waals surface area (Å²) in [5.74, 6) is 2.28. The molecule has 0 saturated heterocycles. The summed E-state index contributed by atoms with van der Waals surface area (Å²) < 4.78 is 2.29. The molecule has 2 fully saturated rings. The lowest BCUT2D eigenvalue weighted by Gasteiger charge is -2.11. The van der Waals surface area contributed by atoms with Crippen LogP contribution in [0, 0.1) is 0 Å². The van der Waals surface area contributed by atoms with Crippen LogP contribution >= 0.6 is 11.8 Å². The van der Waals surface area contributed by atoms with Gasteiger partial charge in [-0.15, -0.1) is 10.2 Å². The van der Waals surface area contributed by atoms with Crippen LogP contribution in [0.15, 0.2) is 5.16 Å². The summed E-state index contributed by atoms with van der Waals surface area (Å²) in [5.41, 5.74) is 0. The van der Waals surface area contributed by atoms with Crippen molar-refractivity contribution in [3.05, 3.63) is 5.82 Å². The van der Waals surface area contributed by atoms with Crippen molar-refractivity contribution < 1.29 is 4.79 Å². The highest BCUT2D eigenvalue weighted by atomic mass is 32.2. The van der Waals surface area contributed by atoms with Gasteiger partial charge in [0.15, 0.2) is 5.16 Å². The molecule has 0 aromatic carbocycles. The van der Waals surface area contributed by atoms with Crippen molar-refractivity contribution in [1.82, 2.24) is 20.1 Å². The van der Waals surface area contributed by atoms with Crippen LogP contribution in [0.25, 0.3) is 0 Å². The van der Waals surface area contributed by atoms with Gasteiger partial charge in [0.2, 0.25) is 5.91 Å². The fourth-order valence-corrected chi connectivity index (χ4v) is 3.06. The molecule has 1 heterocycles. The molecule has 1 atom stereocenters. The predicted octanol–water partition coefficient (Wildman–Crippen LogP) is 2.50. The van der Waals surface area contributed by atoms with E-state index < -0.39 is 0 Å². The first-order valence-electron chi connectivity index (χ1n) is 7.56. The van der Waals surface area contributed by atoms with E-state index in [2.05, 4.69) is 27.0 Å². The maximum Gasteiger partial charge on any atom is 0.230 e. The molecule has 0 aliphatic heterocycles. The first-order chi connectivity index (χ1) is 9.69. The lowest BCUT2D eigenvalue weighted by atomic mass is 10.3. The molecule has 3 rings (SSSR count). The number of thioether (sulfide) groups is 1. The average molecular weight is 294 g/mol. The van der Waals surface area contributed by atoms with Crippen molar-refractivity contribution in [2.45, 2.75) is 69.1 Å². The van der Waals surface area contributed by atoms with Gasteiger partial charge in [-0.3, -0.25) is 4.79 Å². The van der Waals surface area contributed by atoms with Gasteiger partial charge < -0.3 is 9.88 Å². The van der Waals surface area contributed by atoms with Gasteiger partial charge in [0, 0.05) is 18.0 Å². The number of aromatic nitrogens is 3.